The Hall–Kier alpha value is -0.130. The van der Waals surface area contributed by atoms with Crippen LogP contribution in [0.2, 0.25) is 0 Å². The normalized spacial score (nSPS) is 11.8. The van der Waals surface area contributed by atoms with Crippen molar-refractivity contribution in [3.63, 3.8) is 0 Å². The van der Waals surface area contributed by atoms with E-state index in [2.05, 4.69) is 8.37 Å². The minimum Gasteiger partial charge on any atom is -0.252 e. The molecule has 50 valence electrons. The molecule has 0 amide bonds. The number of hydrogen-bond acceptors (Lipinski definition) is 4. The van der Waals surface area contributed by atoms with Crippen molar-refractivity contribution in [3.8, 4) is 0 Å². The Labute approximate surface area is 48.7 Å². The van der Waals surface area contributed by atoms with Crippen molar-refractivity contribution in [3.05, 3.63) is 0 Å². The van der Waals surface area contributed by atoms with E-state index in [0.29, 0.717) is 0 Å². The smallest absolute Gasteiger partial charge is 0.252 e. The van der Waals surface area contributed by atoms with Crippen LogP contribution in [0.25, 0.3) is 0 Å². The van der Waals surface area contributed by atoms with Gasteiger partial charge >= 0.3 is 10.4 Å². The zero-order valence-corrected chi connectivity index (χ0v) is 5.56. The fourth-order valence-electron chi connectivity index (χ4n) is 0.192. The van der Waals surface area contributed by atoms with Crippen LogP contribution in [0.4, 0.5) is 0 Å². The predicted molar refractivity (Wildman–Crippen MR) is 27.6 cm³/mol. The maximum atomic E-state index is 10.2. The summed E-state index contributed by atoms with van der Waals surface area (Å²) < 4.78 is 28.4. The monoisotopic (exact) mass is 140 g/mol. The van der Waals surface area contributed by atoms with E-state index < -0.39 is 10.4 Å². The van der Waals surface area contributed by atoms with Crippen molar-refractivity contribution in [2.75, 3.05) is 13.7 Å². The Bertz CT molecular complexity index is 135. The van der Waals surface area contributed by atoms with E-state index in [9.17, 15) is 8.42 Å². The van der Waals surface area contributed by atoms with E-state index in [1.807, 2.05) is 0 Å². The van der Waals surface area contributed by atoms with Gasteiger partial charge in [-0.1, -0.05) is 0 Å². The second kappa shape index (κ2) is 3.01. The van der Waals surface area contributed by atoms with Crippen LogP contribution in [-0.4, -0.2) is 22.1 Å². The first-order chi connectivity index (χ1) is 3.62. The Morgan fingerprint density at radius 1 is 1.50 bits per heavy atom. The van der Waals surface area contributed by atoms with Gasteiger partial charge in [-0.2, -0.15) is 8.42 Å². The van der Waals surface area contributed by atoms with Gasteiger partial charge in [0.05, 0.1) is 13.7 Å². The van der Waals surface area contributed by atoms with E-state index >= 15 is 0 Å². The Kier molecular flexibility index (Phi) is 2.96. The van der Waals surface area contributed by atoms with Crippen molar-refractivity contribution in [2.45, 2.75) is 6.92 Å². The van der Waals surface area contributed by atoms with Gasteiger partial charge in [-0.3, -0.25) is 4.18 Å². The summed E-state index contributed by atoms with van der Waals surface area (Å²) in [6.45, 7) is 1.67. The van der Waals surface area contributed by atoms with Gasteiger partial charge in [0.2, 0.25) is 0 Å². The lowest BCUT2D eigenvalue weighted by molar-refractivity contribution is 0.254. The highest BCUT2D eigenvalue weighted by Crippen LogP contribution is 1.89. The Morgan fingerprint density at radius 3 is 2.12 bits per heavy atom. The van der Waals surface area contributed by atoms with E-state index in [1.54, 1.807) is 6.92 Å². The fourth-order valence-corrected chi connectivity index (χ4v) is 0.577. The van der Waals surface area contributed by atoms with Crippen molar-refractivity contribution in [2.24, 2.45) is 0 Å². The molecule has 0 unspecified atom stereocenters. The van der Waals surface area contributed by atoms with Gasteiger partial charge in [0.15, 0.2) is 0 Å². The second-order valence-corrected chi connectivity index (χ2v) is 2.37. The van der Waals surface area contributed by atoms with Gasteiger partial charge in [0, 0.05) is 0 Å². The topological polar surface area (TPSA) is 52.6 Å². The van der Waals surface area contributed by atoms with Crippen LogP contribution >= 0.6 is 0 Å². The van der Waals surface area contributed by atoms with Crippen molar-refractivity contribution in [1.29, 1.82) is 0 Å². The summed E-state index contributed by atoms with van der Waals surface area (Å²) in [5, 5.41) is 0. The first-order valence-electron chi connectivity index (χ1n) is 2.07. The molecule has 0 saturated carbocycles. The molecule has 0 aliphatic heterocycles. The molecule has 5 heteroatoms. The van der Waals surface area contributed by atoms with Gasteiger partial charge in [0.1, 0.15) is 0 Å². The SMILES string of the molecule is CCOS(=O)(=O)OC. The van der Waals surface area contributed by atoms with Crippen LogP contribution in [0.3, 0.4) is 0 Å². The molecule has 0 rings (SSSR count). The first kappa shape index (κ1) is 7.87. The van der Waals surface area contributed by atoms with Crippen molar-refractivity contribution < 1.29 is 16.8 Å². The Balaban J connectivity index is 3.76. The van der Waals surface area contributed by atoms with Crippen molar-refractivity contribution in [1.82, 2.24) is 0 Å². The van der Waals surface area contributed by atoms with E-state index in [-0.39, 0.29) is 6.61 Å². The van der Waals surface area contributed by atoms with Crippen LogP contribution < -0.4 is 0 Å². The second-order valence-electron chi connectivity index (χ2n) is 0.981. The molecule has 0 N–H and O–H groups in total. The molecule has 0 heterocycles. The predicted octanol–water partition coefficient (Wildman–Crippen LogP) is -0.0859. The largest absolute Gasteiger partial charge is 0.399 e. The maximum Gasteiger partial charge on any atom is 0.399 e. The average molecular weight is 140 g/mol. The zero-order valence-electron chi connectivity index (χ0n) is 4.75. The van der Waals surface area contributed by atoms with E-state index in [0.717, 1.165) is 7.11 Å². The minimum absolute atomic E-state index is 0.107. The highest BCUT2D eigenvalue weighted by Gasteiger charge is 2.04. The lowest BCUT2D eigenvalue weighted by Crippen LogP contribution is -2.06. The summed E-state index contributed by atoms with van der Waals surface area (Å²) >= 11 is 0. The van der Waals surface area contributed by atoms with Crippen molar-refractivity contribution >= 4 is 10.4 Å². The molecule has 4 nitrogen and oxygen atoms in total. The highest BCUT2D eigenvalue weighted by atomic mass is 32.3. The zero-order chi connectivity index (χ0) is 6.62. The maximum absolute atomic E-state index is 10.2. The summed E-state index contributed by atoms with van der Waals surface area (Å²) in [5.41, 5.74) is 0. The van der Waals surface area contributed by atoms with Crippen LogP contribution in [-0.2, 0) is 18.8 Å². The molecular formula is C3H8O4S. The van der Waals surface area contributed by atoms with E-state index in [1.165, 1.54) is 0 Å². The molecule has 0 aromatic carbocycles. The molecule has 0 bridgehead atoms. The fraction of sp³-hybridized carbons (Fsp3) is 1.00. The van der Waals surface area contributed by atoms with Crippen LogP contribution in [0.15, 0.2) is 0 Å². The summed E-state index contributed by atoms with van der Waals surface area (Å²) in [5.74, 6) is 0. The minimum atomic E-state index is -3.67. The molecule has 0 aromatic rings. The molecule has 0 aromatic heterocycles. The molecule has 0 spiro atoms. The third kappa shape index (κ3) is 2.95. The summed E-state index contributed by atoms with van der Waals surface area (Å²) in [4.78, 5) is 0. The number of rotatable bonds is 3. The average Bonchev–Trinajstić information content (AvgIpc) is 1.67. The number of hydrogen-bond donors (Lipinski definition) is 0. The van der Waals surface area contributed by atoms with Crippen LogP contribution in [0.5, 0.6) is 0 Å². The molecule has 0 fully saturated rings. The van der Waals surface area contributed by atoms with Crippen LogP contribution in [0, 0.1) is 0 Å². The lowest BCUT2D eigenvalue weighted by atomic mass is 10.9. The molecule has 8 heavy (non-hydrogen) atoms. The Morgan fingerprint density at radius 2 is 2.00 bits per heavy atom. The molecule has 0 radical (unpaired) electrons. The highest BCUT2D eigenvalue weighted by molar-refractivity contribution is 7.81. The third-order valence-electron chi connectivity index (χ3n) is 0.466. The lowest BCUT2D eigenvalue weighted by Gasteiger charge is -1.95. The van der Waals surface area contributed by atoms with Gasteiger partial charge in [-0.25, -0.2) is 4.18 Å². The quantitative estimate of drug-likeness (QED) is 0.550. The third-order valence-corrected chi connectivity index (χ3v) is 1.40. The van der Waals surface area contributed by atoms with Gasteiger partial charge < -0.3 is 0 Å². The van der Waals surface area contributed by atoms with Crippen LogP contribution in [0.1, 0.15) is 6.92 Å². The first-order valence-corrected chi connectivity index (χ1v) is 3.40. The van der Waals surface area contributed by atoms with Gasteiger partial charge in [-0.05, 0) is 6.92 Å². The molecule has 0 atom stereocenters. The van der Waals surface area contributed by atoms with E-state index in [4.69, 9.17) is 0 Å². The molecule has 0 aliphatic rings. The summed E-state index contributed by atoms with van der Waals surface area (Å²) in [6, 6.07) is 0. The molecule has 0 aliphatic carbocycles. The molecule has 0 saturated heterocycles. The summed E-state index contributed by atoms with van der Waals surface area (Å²) in [7, 11) is -2.62. The summed E-state index contributed by atoms with van der Waals surface area (Å²) in [6.07, 6.45) is 0. The molecular weight excluding hydrogens is 132 g/mol. The van der Waals surface area contributed by atoms with Gasteiger partial charge in [0.25, 0.3) is 0 Å². The standard InChI is InChI=1S/C3H8O4S/c1-3-7-8(4,5)6-2/h3H2,1-2H3. The van der Waals surface area contributed by atoms with Gasteiger partial charge in [-0.15, -0.1) is 0 Å².